The average Bonchev–Trinajstić information content (AvgIpc) is 2.91. The first-order valence-corrected chi connectivity index (χ1v) is 9.00. The van der Waals surface area contributed by atoms with Gasteiger partial charge < -0.3 is 15.0 Å². The highest BCUT2D eigenvalue weighted by atomic mass is 32.1. The standard InChI is InChI=1S/C16H21BN2O2S2/c1-15(2)16(3,4)21-17(20-15)11(9-22)7-10-5-6-12-13(8-10)23-14(18)19-12/h5-8,22H,9H2,1-4H3,(H2,18,19). The van der Waals surface area contributed by atoms with Gasteiger partial charge in [-0.15, -0.1) is 0 Å². The molecule has 4 nitrogen and oxygen atoms in total. The summed E-state index contributed by atoms with van der Waals surface area (Å²) in [5, 5.41) is 0.585. The summed E-state index contributed by atoms with van der Waals surface area (Å²) < 4.78 is 13.3. The molecular weight excluding hydrogens is 327 g/mol. The highest BCUT2D eigenvalue weighted by molar-refractivity contribution is 7.80. The summed E-state index contributed by atoms with van der Waals surface area (Å²) >= 11 is 5.94. The molecule has 1 aliphatic rings. The van der Waals surface area contributed by atoms with Crippen LogP contribution in [0.4, 0.5) is 5.13 Å². The summed E-state index contributed by atoms with van der Waals surface area (Å²) in [5.41, 5.74) is 8.06. The number of nitrogens with zero attached hydrogens (tertiary/aromatic N) is 1. The van der Waals surface area contributed by atoms with Gasteiger partial charge in [-0.25, -0.2) is 4.98 Å². The molecule has 7 heteroatoms. The van der Waals surface area contributed by atoms with Crippen molar-refractivity contribution in [2.24, 2.45) is 0 Å². The molecule has 3 rings (SSSR count). The minimum absolute atomic E-state index is 0.351. The van der Waals surface area contributed by atoms with E-state index in [4.69, 9.17) is 15.0 Å². The van der Waals surface area contributed by atoms with E-state index < -0.39 is 0 Å². The van der Waals surface area contributed by atoms with E-state index in [9.17, 15) is 0 Å². The number of rotatable bonds is 3. The molecule has 0 amide bonds. The minimum Gasteiger partial charge on any atom is -0.400 e. The molecule has 0 atom stereocenters. The van der Waals surface area contributed by atoms with Gasteiger partial charge in [-0.3, -0.25) is 0 Å². The second kappa shape index (κ2) is 5.81. The Morgan fingerprint density at radius 2 is 1.96 bits per heavy atom. The number of benzene rings is 1. The Hall–Kier alpha value is -1.02. The topological polar surface area (TPSA) is 57.4 Å². The zero-order chi connectivity index (χ0) is 16.8. The van der Waals surface area contributed by atoms with E-state index >= 15 is 0 Å². The third kappa shape index (κ3) is 3.15. The molecule has 2 N–H and O–H groups in total. The van der Waals surface area contributed by atoms with Crippen molar-refractivity contribution in [2.45, 2.75) is 38.9 Å². The third-order valence-electron chi connectivity index (χ3n) is 4.52. The quantitative estimate of drug-likeness (QED) is 0.654. The Kier molecular flexibility index (Phi) is 4.25. The van der Waals surface area contributed by atoms with Crippen LogP contribution in [0.15, 0.2) is 23.7 Å². The van der Waals surface area contributed by atoms with Crippen LogP contribution in [0.5, 0.6) is 0 Å². The molecule has 1 fully saturated rings. The molecule has 0 aliphatic carbocycles. The van der Waals surface area contributed by atoms with E-state index in [1.165, 1.54) is 11.3 Å². The van der Waals surface area contributed by atoms with Gasteiger partial charge in [-0.1, -0.05) is 23.5 Å². The van der Waals surface area contributed by atoms with Crippen LogP contribution >= 0.6 is 24.0 Å². The number of nitrogen functional groups attached to an aromatic ring is 1. The SMILES string of the molecule is CC1(C)OB(C(=Cc2ccc3nc(N)sc3c2)CS)OC1(C)C. The summed E-state index contributed by atoms with van der Waals surface area (Å²) in [6, 6.07) is 6.09. The van der Waals surface area contributed by atoms with Crippen molar-refractivity contribution < 1.29 is 9.31 Å². The van der Waals surface area contributed by atoms with Crippen LogP contribution in [0.25, 0.3) is 16.3 Å². The lowest BCUT2D eigenvalue weighted by Gasteiger charge is -2.32. The molecule has 122 valence electrons. The minimum atomic E-state index is -0.375. The summed E-state index contributed by atoms with van der Waals surface area (Å²) in [6.45, 7) is 8.20. The summed E-state index contributed by atoms with van der Waals surface area (Å²) in [6.07, 6.45) is 2.07. The molecule has 1 aliphatic heterocycles. The number of nitrogens with two attached hydrogens (primary N) is 1. The van der Waals surface area contributed by atoms with Gasteiger partial charge in [-0.05, 0) is 50.9 Å². The predicted octanol–water partition coefficient (Wildman–Crippen LogP) is 3.82. The maximum absolute atomic E-state index is 6.11. The first kappa shape index (κ1) is 16.8. The van der Waals surface area contributed by atoms with Gasteiger partial charge in [0, 0.05) is 5.75 Å². The summed E-state index contributed by atoms with van der Waals surface area (Å²) in [5.74, 6) is 0.569. The fourth-order valence-corrected chi connectivity index (χ4v) is 3.47. The molecule has 1 saturated heterocycles. The lowest BCUT2D eigenvalue weighted by atomic mass is 9.78. The van der Waals surface area contributed by atoms with Gasteiger partial charge in [-0.2, -0.15) is 12.6 Å². The van der Waals surface area contributed by atoms with E-state index in [2.05, 4.69) is 57.5 Å². The molecule has 0 unspecified atom stereocenters. The first-order valence-electron chi connectivity index (χ1n) is 7.55. The van der Waals surface area contributed by atoms with Crippen LogP contribution in [-0.4, -0.2) is 29.1 Å². The Morgan fingerprint density at radius 1 is 1.30 bits per heavy atom. The van der Waals surface area contributed by atoms with Gasteiger partial charge in [0.15, 0.2) is 5.13 Å². The molecule has 23 heavy (non-hydrogen) atoms. The van der Waals surface area contributed by atoms with Crippen molar-refractivity contribution in [3.63, 3.8) is 0 Å². The Morgan fingerprint density at radius 3 is 2.57 bits per heavy atom. The number of aromatic nitrogens is 1. The lowest BCUT2D eigenvalue weighted by Crippen LogP contribution is -2.41. The molecule has 1 aromatic carbocycles. The van der Waals surface area contributed by atoms with Crippen molar-refractivity contribution in [1.29, 1.82) is 0 Å². The smallest absolute Gasteiger partial charge is 0.400 e. The predicted molar refractivity (Wildman–Crippen MR) is 102 cm³/mol. The van der Waals surface area contributed by atoms with Crippen LogP contribution < -0.4 is 5.73 Å². The molecule has 0 radical (unpaired) electrons. The molecule has 0 spiro atoms. The molecule has 0 bridgehead atoms. The molecule has 1 aromatic heterocycles. The number of hydrogen-bond donors (Lipinski definition) is 2. The number of anilines is 1. The van der Waals surface area contributed by atoms with Gasteiger partial charge in [0.2, 0.25) is 0 Å². The monoisotopic (exact) mass is 348 g/mol. The molecule has 2 heterocycles. The van der Waals surface area contributed by atoms with Crippen molar-refractivity contribution in [3.8, 4) is 0 Å². The van der Waals surface area contributed by atoms with Crippen LogP contribution in [-0.2, 0) is 9.31 Å². The van der Waals surface area contributed by atoms with Gasteiger partial charge in [0.25, 0.3) is 0 Å². The second-order valence-electron chi connectivity index (χ2n) is 6.74. The van der Waals surface area contributed by atoms with E-state index in [0.29, 0.717) is 10.9 Å². The molecule has 0 saturated carbocycles. The Labute approximate surface area is 146 Å². The normalized spacial score (nSPS) is 20.4. The Balaban J connectivity index is 1.92. The number of thiazole rings is 1. The van der Waals surface area contributed by atoms with Crippen LogP contribution in [0.3, 0.4) is 0 Å². The zero-order valence-corrected chi connectivity index (χ0v) is 15.5. The number of hydrogen-bond acceptors (Lipinski definition) is 6. The van der Waals surface area contributed by atoms with Gasteiger partial charge in [0.1, 0.15) is 0 Å². The van der Waals surface area contributed by atoms with E-state index in [1.54, 1.807) is 0 Å². The summed E-state index contributed by atoms with van der Waals surface area (Å²) in [4.78, 5) is 4.28. The first-order chi connectivity index (χ1) is 10.7. The van der Waals surface area contributed by atoms with E-state index in [-0.39, 0.29) is 18.3 Å². The fourth-order valence-electron chi connectivity index (χ4n) is 2.45. The maximum atomic E-state index is 6.11. The molecule has 2 aromatic rings. The van der Waals surface area contributed by atoms with Crippen molar-refractivity contribution in [1.82, 2.24) is 4.98 Å². The molecular formula is C16H21BN2O2S2. The van der Waals surface area contributed by atoms with Crippen molar-refractivity contribution in [3.05, 3.63) is 29.2 Å². The van der Waals surface area contributed by atoms with Crippen molar-refractivity contribution in [2.75, 3.05) is 11.5 Å². The third-order valence-corrected chi connectivity index (χ3v) is 5.73. The number of fused-ring (bicyclic) bond motifs is 1. The summed E-state index contributed by atoms with van der Waals surface area (Å²) in [7, 11) is -0.375. The largest absolute Gasteiger partial charge is 0.491 e. The average molecular weight is 348 g/mol. The zero-order valence-electron chi connectivity index (χ0n) is 13.8. The van der Waals surface area contributed by atoms with Crippen LogP contribution in [0.1, 0.15) is 33.3 Å². The van der Waals surface area contributed by atoms with Gasteiger partial charge in [0.05, 0.1) is 21.4 Å². The highest BCUT2D eigenvalue weighted by Crippen LogP contribution is 2.39. The lowest BCUT2D eigenvalue weighted by molar-refractivity contribution is 0.00578. The van der Waals surface area contributed by atoms with Gasteiger partial charge >= 0.3 is 7.12 Å². The second-order valence-corrected chi connectivity index (χ2v) is 8.12. The fraction of sp³-hybridized carbons (Fsp3) is 0.438. The van der Waals surface area contributed by atoms with E-state index in [0.717, 1.165) is 21.3 Å². The van der Waals surface area contributed by atoms with Crippen LogP contribution in [0.2, 0.25) is 0 Å². The van der Waals surface area contributed by atoms with E-state index in [1.807, 2.05) is 12.1 Å². The van der Waals surface area contributed by atoms with Crippen LogP contribution in [0, 0.1) is 0 Å². The highest BCUT2D eigenvalue weighted by Gasteiger charge is 2.52. The van der Waals surface area contributed by atoms with Crippen molar-refractivity contribution >= 4 is 52.5 Å². The number of thiol groups is 1. The maximum Gasteiger partial charge on any atom is 0.491 e. The Bertz CT molecular complexity index is 755.